The summed E-state index contributed by atoms with van der Waals surface area (Å²) in [6.45, 7) is 2.10. The van der Waals surface area contributed by atoms with Crippen LogP contribution in [0.3, 0.4) is 0 Å². The lowest BCUT2D eigenvalue weighted by molar-refractivity contribution is 0.200. The molecule has 1 heterocycles. The van der Waals surface area contributed by atoms with Crippen molar-refractivity contribution >= 4 is 23.1 Å². The minimum absolute atomic E-state index is 0.269. The zero-order valence-corrected chi connectivity index (χ0v) is 11.4. The van der Waals surface area contributed by atoms with Gasteiger partial charge in [0.2, 0.25) is 0 Å². The number of aliphatic hydroxyl groups is 1. The molecule has 2 aromatic rings. The molecular weight excluding hydrogens is 248 g/mol. The highest BCUT2D eigenvalue weighted by Gasteiger charge is 2.07. The van der Waals surface area contributed by atoms with E-state index >= 15 is 0 Å². The molecule has 0 amide bonds. The summed E-state index contributed by atoms with van der Waals surface area (Å²) in [5, 5.41) is 14.1. The number of aliphatic hydroxyl groups excluding tert-OH is 1. The molecule has 90 valence electrons. The molecule has 0 fully saturated rings. The highest BCUT2D eigenvalue weighted by Crippen LogP contribution is 2.23. The first-order valence-corrected chi connectivity index (χ1v) is 7.56. The summed E-state index contributed by atoms with van der Waals surface area (Å²) in [6, 6.07) is 10.4. The summed E-state index contributed by atoms with van der Waals surface area (Å²) in [7, 11) is 0. The van der Waals surface area contributed by atoms with Crippen molar-refractivity contribution in [3.8, 4) is 0 Å². The topological polar surface area (TPSA) is 20.2 Å². The van der Waals surface area contributed by atoms with Gasteiger partial charge in [0.1, 0.15) is 0 Å². The van der Waals surface area contributed by atoms with Gasteiger partial charge in [0, 0.05) is 10.6 Å². The number of hydrogen-bond donors (Lipinski definition) is 1. The molecule has 17 heavy (non-hydrogen) atoms. The van der Waals surface area contributed by atoms with Crippen molar-refractivity contribution in [3.05, 3.63) is 52.2 Å². The molecule has 0 aliphatic carbocycles. The van der Waals surface area contributed by atoms with Crippen molar-refractivity contribution in [2.75, 3.05) is 5.75 Å². The number of rotatable bonds is 5. The first kappa shape index (κ1) is 12.7. The zero-order chi connectivity index (χ0) is 12.1. The average molecular weight is 264 g/mol. The van der Waals surface area contributed by atoms with E-state index < -0.39 is 0 Å². The van der Waals surface area contributed by atoms with Crippen molar-refractivity contribution < 1.29 is 5.11 Å². The monoisotopic (exact) mass is 264 g/mol. The highest BCUT2D eigenvalue weighted by atomic mass is 32.2. The number of aryl methyl sites for hydroxylation is 1. The Balaban J connectivity index is 1.84. The van der Waals surface area contributed by atoms with Gasteiger partial charge in [-0.15, -0.1) is 11.8 Å². The van der Waals surface area contributed by atoms with Crippen molar-refractivity contribution in [2.45, 2.75) is 24.3 Å². The number of benzene rings is 1. The predicted molar refractivity (Wildman–Crippen MR) is 75.9 cm³/mol. The minimum atomic E-state index is -0.269. The second-order valence-corrected chi connectivity index (χ2v) is 5.91. The van der Waals surface area contributed by atoms with Crippen molar-refractivity contribution in [1.29, 1.82) is 0 Å². The summed E-state index contributed by atoms with van der Waals surface area (Å²) >= 11 is 3.41. The van der Waals surface area contributed by atoms with Gasteiger partial charge in [0.25, 0.3) is 0 Å². The van der Waals surface area contributed by atoms with Crippen LogP contribution in [0.25, 0.3) is 0 Å². The van der Waals surface area contributed by atoms with E-state index in [0.29, 0.717) is 0 Å². The van der Waals surface area contributed by atoms with Crippen LogP contribution >= 0.6 is 23.1 Å². The fraction of sp³-hybridized carbons (Fsp3) is 0.286. The molecule has 1 aromatic heterocycles. The van der Waals surface area contributed by atoms with Gasteiger partial charge in [-0.25, -0.2) is 0 Å². The first-order chi connectivity index (χ1) is 8.25. The summed E-state index contributed by atoms with van der Waals surface area (Å²) in [5.74, 6) is 0.751. The van der Waals surface area contributed by atoms with Crippen LogP contribution in [0.15, 0.2) is 46.0 Å². The second-order valence-electron chi connectivity index (χ2n) is 4.07. The smallest absolute Gasteiger partial charge is 0.0674 e. The molecule has 0 aliphatic rings. The third-order valence-electron chi connectivity index (χ3n) is 2.58. The first-order valence-electron chi connectivity index (χ1n) is 5.63. The van der Waals surface area contributed by atoms with Crippen LogP contribution in [0.5, 0.6) is 0 Å². The maximum atomic E-state index is 9.96. The van der Waals surface area contributed by atoms with E-state index in [1.165, 1.54) is 16.0 Å². The Kier molecular flexibility index (Phi) is 4.66. The zero-order valence-electron chi connectivity index (χ0n) is 9.80. The van der Waals surface area contributed by atoms with E-state index in [0.717, 1.165) is 12.2 Å². The Morgan fingerprint density at radius 1 is 1.29 bits per heavy atom. The molecule has 1 N–H and O–H groups in total. The van der Waals surface area contributed by atoms with E-state index in [4.69, 9.17) is 0 Å². The Hall–Kier alpha value is -0.770. The molecule has 0 radical (unpaired) electrons. The molecule has 0 aliphatic heterocycles. The van der Waals surface area contributed by atoms with E-state index in [9.17, 15) is 5.11 Å². The van der Waals surface area contributed by atoms with Crippen molar-refractivity contribution in [2.24, 2.45) is 0 Å². The fourth-order valence-electron chi connectivity index (χ4n) is 1.64. The van der Waals surface area contributed by atoms with Gasteiger partial charge >= 0.3 is 0 Å². The number of hydrogen-bond acceptors (Lipinski definition) is 3. The lowest BCUT2D eigenvalue weighted by Crippen LogP contribution is -2.13. The van der Waals surface area contributed by atoms with Crippen molar-refractivity contribution in [3.63, 3.8) is 0 Å². The lowest BCUT2D eigenvalue weighted by atomic mass is 10.2. The molecule has 1 aromatic carbocycles. The number of thiophene rings is 1. The fourth-order valence-corrected chi connectivity index (χ4v) is 3.29. The van der Waals surface area contributed by atoms with Gasteiger partial charge in [-0.2, -0.15) is 11.3 Å². The van der Waals surface area contributed by atoms with E-state index in [2.05, 4.69) is 35.9 Å². The summed E-state index contributed by atoms with van der Waals surface area (Å²) in [5.41, 5.74) is 2.51. The quantitative estimate of drug-likeness (QED) is 0.830. The molecule has 1 atom stereocenters. The maximum absolute atomic E-state index is 9.96. The lowest BCUT2D eigenvalue weighted by Gasteiger charge is -2.10. The molecule has 1 nitrogen and oxygen atoms in total. The summed E-state index contributed by atoms with van der Waals surface area (Å²) < 4.78 is 0. The van der Waals surface area contributed by atoms with Gasteiger partial charge in [-0.3, -0.25) is 0 Å². The third-order valence-corrected chi connectivity index (χ3v) is 4.63. The van der Waals surface area contributed by atoms with Crippen LogP contribution < -0.4 is 0 Å². The Morgan fingerprint density at radius 3 is 2.82 bits per heavy atom. The molecule has 1 unspecified atom stereocenters. The predicted octanol–water partition coefficient (Wildman–Crippen LogP) is 3.75. The molecule has 0 bridgehead atoms. The standard InChI is InChI=1S/C14H16OS2/c1-11-4-2-3-5-14(11)17-10-13(15)8-12-6-7-16-9-12/h2-7,9,13,15H,8,10H2,1H3. The van der Waals surface area contributed by atoms with Crippen LogP contribution in [0.1, 0.15) is 11.1 Å². The number of thioether (sulfide) groups is 1. The van der Waals surface area contributed by atoms with Crippen LogP contribution in [-0.2, 0) is 6.42 Å². The maximum Gasteiger partial charge on any atom is 0.0674 e. The molecule has 3 heteroatoms. The Morgan fingerprint density at radius 2 is 2.12 bits per heavy atom. The van der Waals surface area contributed by atoms with Crippen LogP contribution in [0, 0.1) is 6.92 Å². The molecule has 0 spiro atoms. The minimum Gasteiger partial charge on any atom is -0.392 e. The largest absolute Gasteiger partial charge is 0.392 e. The molecular formula is C14H16OS2. The molecule has 2 rings (SSSR count). The van der Waals surface area contributed by atoms with E-state index in [1.807, 2.05) is 12.1 Å². The van der Waals surface area contributed by atoms with Crippen LogP contribution in [-0.4, -0.2) is 17.0 Å². The van der Waals surface area contributed by atoms with E-state index in [-0.39, 0.29) is 6.10 Å². The molecule has 0 saturated carbocycles. The Bertz CT molecular complexity index is 451. The second kappa shape index (κ2) is 6.24. The van der Waals surface area contributed by atoms with Crippen LogP contribution in [0.2, 0.25) is 0 Å². The van der Waals surface area contributed by atoms with Gasteiger partial charge < -0.3 is 5.11 Å². The highest BCUT2D eigenvalue weighted by molar-refractivity contribution is 7.99. The van der Waals surface area contributed by atoms with Crippen LogP contribution in [0.4, 0.5) is 0 Å². The summed E-state index contributed by atoms with van der Waals surface area (Å²) in [6.07, 6.45) is 0.483. The third kappa shape index (κ3) is 3.87. The van der Waals surface area contributed by atoms with Crippen molar-refractivity contribution in [1.82, 2.24) is 0 Å². The van der Waals surface area contributed by atoms with E-state index in [1.54, 1.807) is 23.1 Å². The van der Waals surface area contributed by atoms with Gasteiger partial charge in [-0.1, -0.05) is 18.2 Å². The van der Waals surface area contributed by atoms with Gasteiger partial charge in [0.05, 0.1) is 6.10 Å². The normalized spacial score (nSPS) is 12.6. The SMILES string of the molecule is Cc1ccccc1SCC(O)Cc1ccsc1. The Labute approximate surface area is 111 Å². The molecule has 0 saturated heterocycles. The van der Waals surface area contributed by atoms with Gasteiger partial charge in [0.15, 0.2) is 0 Å². The average Bonchev–Trinajstić information content (AvgIpc) is 2.81. The van der Waals surface area contributed by atoms with Gasteiger partial charge in [-0.05, 0) is 47.4 Å². The summed E-state index contributed by atoms with van der Waals surface area (Å²) in [4.78, 5) is 1.26.